The van der Waals surface area contributed by atoms with Gasteiger partial charge in [-0.15, -0.1) is 24.0 Å². The quantitative estimate of drug-likeness (QED) is 0.346. The maximum Gasteiger partial charge on any atom is 0.194 e. The summed E-state index contributed by atoms with van der Waals surface area (Å²) in [5, 5.41) is 3.37. The van der Waals surface area contributed by atoms with E-state index >= 15 is 0 Å². The molecule has 0 fully saturated rings. The predicted molar refractivity (Wildman–Crippen MR) is 117 cm³/mol. The molecule has 0 saturated carbocycles. The number of fused-ring (bicyclic) bond motifs is 1. The minimum absolute atomic E-state index is 0. The van der Waals surface area contributed by atoms with E-state index in [9.17, 15) is 0 Å². The molecule has 0 amide bonds. The second-order valence-electron chi connectivity index (χ2n) is 6.15. The zero-order chi connectivity index (χ0) is 17.6. The van der Waals surface area contributed by atoms with Gasteiger partial charge in [-0.1, -0.05) is 6.07 Å². The minimum atomic E-state index is 0. The molecule has 0 bridgehead atoms. The zero-order valence-electron chi connectivity index (χ0n) is 15.6. The normalized spacial score (nSPS) is 11.4. The van der Waals surface area contributed by atoms with Crippen LogP contribution < -0.4 is 5.32 Å². The molecule has 0 aromatic carbocycles. The monoisotopic (exact) mass is 466 g/mol. The first-order valence-corrected chi connectivity index (χ1v) is 8.69. The van der Waals surface area contributed by atoms with Crippen molar-refractivity contribution in [1.29, 1.82) is 0 Å². The lowest BCUT2D eigenvalue weighted by molar-refractivity contribution is 0.462. The number of guanidine groups is 1. The number of nitrogens with one attached hydrogen (secondary N) is 1. The summed E-state index contributed by atoms with van der Waals surface area (Å²) in [7, 11) is 4.13. The van der Waals surface area contributed by atoms with E-state index in [0.717, 1.165) is 36.8 Å². The van der Waals surface area contributed by atoms with Gasteiger partial charge in [-0.3, -0.25) is 4.99 Å². The molecule has 0 aliphatic heterocycles. The highest BCUT2D eigenvalue weighted by atomic mass is 127. The van der Waals surface area contributed by atoms with Gasteiger partial charge >= 0.3 is 0 Å². The van der Waals surface area contributed by atoms with Gasteiger partial charge in [0.1, 0.15) is 5.65 Å². The Hall–Kier alpha value is -2.03. The Kier molecular flexibility index (Phi) is 7.50. The molecule has 0 atom stereocenters. The maximum absolute atomic E-state index is 4.76. The second-order valence-corrected chi connectivity index (χ2v) is 6.15. The predicted octanol–water partition coefficient (Wildman–Crippen LogP) is 2.93. The Bertz CT molecular complexity index is 817. The molecule has 6 nitrogen and oxygen atoms in total. The fourth-order valence-electron chi connectivity index (χ4n) is 2.83. The number of aliphatic imine (C=N–C) groups is 1. The number of aromatic nitrogens is 3. The van der Waals surface area contributed by atoms with Crippen LogP contribution in [0.15, 0.2) is 53.9 Å². The fourth-order valence-corrected chi connectivity index (χ4v) is 2.83. The molecule has 3 aromatic rings. The van der Waals surface area contributed by atoms with Crippen molar-refractivity contribution in [2.24, 2.45) is 12.0 Å². The lowest BCUT2D eigenvalue weighted by Crippen LogP contribution is -2.39. The van der Waals surface area contributed by atoms with Crippen molar-refractivity contribution in [3.05, 3.63) is 60.3 Å². The molecular weight excluding hydrogens is 439 g/mol. The van der Waals surface area contributed by atoms with Gasteiger partial charge in [-0.25, -0.2) is 4.98 Å². The van der Waals surface area contributed by atoms with E-state index in [0.29, 0.717) is 6.54 Å². The van der Waals surface area contributed by atoms with Crippen LogP contribution in [0.2, 0.25) is 0 Å². The number of imidazole rings is 1. The number of hydrogen-bond donors (Lipinski definition) is 1. The van der Waals surface area contributed by atoms with Crippen molar-refractivity contribution < 1.29 is 0 Å². The first-order valence-electron chi connectivity index (χ1n) is 8.69. The van der Waals surface area contributed by atoms with Crippen LogP contribution in [-0.2, 0) is 20.0 Å². The first kappa shape index (κ1) is 20.3. The molecule has 1 N–H and O–H groups in total. The zero-order valence-corrected chi connectivity index (χ0v) is 17.9. The highest BCUT2D eigenvalue weighted by molar-refractivity contribution is 14.0. The maximum atomic E-state index is 4.76. The molecule has 140 valence electrons. The summed E-state index contributed by atoms with van der Waals surface area (Å²) >= 11 is 0. The topological polar surface area (TPSA) is 49.9 Å². The molecule has 0 aliphatic rings. The van der Waals surface area contributed by atoms with Crippen molar-refractivity contribution in [1.82, 2.24) is 24.2 Å². The van der Waals surface area contributed by atoms with Crippen LogP contribution in [0.25, 0.3) is 5.65 Å². The lowest BCUT2D eigenvalue weighted by atomic mass is 10.3. The summed E-state index contributed by atoms with van der Waals surface area (Å²) in [5.41, 5.74) is 3.30. The van der Waals surface area contributed by atoms with E-state index in [4.69, 9.17) is 4.99 Å². The van der Waals surface area contributed by atoms with Crippen molar-refractivity contribution in [2.45, 2.75) is 19.9 Å². The number of aryl methyl sites for hydroxylation is 1. The van der Waals surface area contributed by atoms with E-state index < -0.39 is 0 Å². The van der Waals surface area contributed by atoms with Crippen LogP contribution in [0, 0.1) is 0 Å². The summed E-state index contributed by atoms with van der Waals surface area (Å²) in [6.45, 7) is 4.48. The van der Waals surface area contributed by atoms with Gasteiger partial charge in [-0.2, -0.15) is 0 Å². The number of nitrogens with zero attached hydrogens (tertiary/aromatic N) is 5. The van der Waals surface area contributed by atoms with Crippen molar-refractivity contribution in [3.8, 4) is 0 Å². The summed E-state index contributed by atoms with van der Waals surface area (Å²) in [5.74, 6) is 0.924. The SMILES string of the molecule is CCNC(=NCCc1cn2ccccc2n1)N(C)Cc1cccn1C.I. The molecular formula is C19H27IN6. The fraction of sp³-hybridized carbons (Fsp3) is 0.368. The van der Waals surface area contributed by atoms with Crippen LogP contribution >= 0.6 is 24.0 Å². The van der Waals surface area contributed by atoms with E-state index in [2.05, 4.69) is 65.3 Å². The standard InChI is InChI=1S/C19H26N6.HI/c1-4-20-19(24(3)15-17-8-7-12-23(17)2)21-11-10-16-14-25-13-6-5-9-18(25)22-16;/h5-9,12-14H,4,10-11,15H2,1-3H3,(H,20,21);1H. The molecule has 7 heteroatoms. The Balaban J connectivity index is 0.00000243. The Morgan fingerprint density at radius 1 is 1.23 bits per heavy atom. The summed E-state index contributed by atoms with van der Waals surface area (Å²) in [6.07, 6.45) is 6.99. The van der Waals surface area contributed by atoms with Crippen LogP contribution in [0.1, 0.15) is 18.3 Å². The summed E-state index contributed by atoms with van der Waals surface area (Å²) < 4.78 is 4.18. The molecule has 0 spiro atoms. The van der Waals surface area contributed by atoms with Gasteiger partial charge in [0.15, 0.2) is 5.96 Å². The third-order valence-corrected chi connectivity index (χ3v) is 4.19. The molecule has 3 aromatic heterocycles. The van der Waals surface area contributed by atoms with Gasteiger partial charge in [0.2, 0.25) is 0 Å². The number of rotatable bonds is 6. The Morgan fingerprint density at radius 3 is 2.77 bits per heavy atom. The lowest BCUT2D eigenvalue weighted by Gasteiger charge is -2.22. The Labute approximate surface area is 172 Å². The van der Waals surface area contributed by atoms with Crippen LogP contribution in [0.4, 0.5) is 0 Å². The summed E-state index contributed by atoms with van der Waals surface area (Å²) in [6, 6.07) is 10.2. The van der Waals surface area contributed by atoms with E-state index in [-0.39, 0.29) is 24.0 Å². The van der Waals surface area contributed by atoms with Crippen molar-refractivity contribution >= 4 is 35.6 Å². The largest absolute Gasteiger partial charge is 0.357 e. The van der Waals surface area contributed by atoms with E-state index in [1.807, 2.05) is 28.8 Å². The van der Waals surface area contributed by atoms with Crippen LogP contribution in [0.3, 0.4) is 0 Å². The summed E-state index contributed by atoms with van der Waals surface area (Å²) in [4.78, 5) is 11.5. The highest BCUT2D eigenvalue weighted by Crippen LogP contribution is 2.06. The van der Waals surface area contributed by atoms with Gasteiger partial charge in [-0.05, 0) is 31.2 Å². The van der Waals surface area contributed by atoms with Gasteiger partial charge in [0.25, 0.3) is 0 Å². The third-order valence-electron chi connectivity index (χ3n) is 4.19. The highest BCUT2D eigenvalue weighted by Gasteiger charge is 2.08. The molecule has 26 heavy (non-hydrogen) atoms. The molecule has 3 rings (SSSR count). The molecule has 3 heterocycles. The molecule has 0 aliphatic carbocycles. The van der Waals surface area contributed by atoms with Gasteiger partial charge in [0, 0.05) is 57.9 Å². The number of halogens is 1. The van der Waals surface area contributed by atoms with E-state index in [1.165, 1.54) is 5.69 Å². The van der Waals surface area contributed by atoms with Crippen LogP contribution in [0.5, 0.6) is 0 Å². The van der Waals surface area contributed by atoms with Crippen molar-refractivity contribution in [3.63, 3.8) is 0 Å². The molecule has 0 saturated heterocycles. The minimum Gasteiger partial charge on any atom is -0.357 e. The Morgan fingerprint density at radius 2 is 2.08 bits per heavy atom. The smallest absolute Gasteiger partial charge is 0.194 e. The second kappa shape index (κ2) is 9.61. The first-order chi connectivity index (χ1) is 12.2. The average molecular weight is 466 g/mol. The van der Waals surface area contributed by atoms with Gasteiger partial charge < -0.3 is 19.2 Å². The van der Waals surface area contributed by atoms with Gasteiger partial charge in [0.05, 0.1) is 12.2 Å². The molecule has 0 radical (unpaired) electrons. The van der Waals surface area contributed by atoms with E-state index in [1.54, 1.807) is 0 Å². The molecule has 0 unspecified atom stereocenters. The number of pyridine rings is 1. The average Bonchev–Trinajstić information content (AvgIpc) is 3.20. The number of hydrogen-bond acceptors (Lipinski definition) is 2. The van der Waals surface area contributed by atoms with Crippen LogP contribution in [-0.4, -0.2) is 44.9 Å². The van der Waals surface area contributed by atoms with Crippen molar-refractivity contribution in [2.75, 3.05) is 20.1 Å². The third kappa shape index (κ3) is 5.00.